The van der Waals surface area contributed by atoms with E-state index >= 15 is 0 Å². The summed E-state index contributed by atoms with van der Waals surface area (Å²) in [4.78, 5) is 10.9. The van der Waals surface area contributed by atoms with E-state index in [1.165, 1.54) is 71.7 Å². The Bertz CT molecular complexity index is 3270. The highest BCUT2D eigenvalue weighted by atomic mass is 28.3. The predicted molar refractivity (Wildman–Crippen MR) is 268 cm³/mol. The summed E-state index contributed by atoms with van der Waals surface area (Å²) >= 11 is 0. The van der Waals surface area contributed by atoms with Crippen molar-refractivity contribution in [3.8, 4) is 101 Å². The monoisotopic (exact) mass is 820 g/mol. The molecule has 1 aromatic heterocycles. The number of hydrogen-bond donors (Lipinski definition) is 0. The zero-order chi connectivity index (χ0) is 42.3. The first-order chi connectivity index (χ1) is 31.0. The van der Waals surface area contributed by atoms with Crippen LogP contribution in [0.15, 0.2) is 231 Å². The Balaban J connectivity index is 1.12. The summed E-state index contributed by atoms with van der Waals surface area (Å²) in [5, 5.41) is 2.63. The van der Waals surface area contributed by atoms with Crippen LogP contribution in [0.2, 0.25) is 13.1 Å². The van der Waals surface area contributed by atoms with Crippen molar-refractivity contribution in [3.05, 3.63) is 231 Å². The number of hydrogen-bond acceptors (Lipinski definition) is 2. The summed E-state index contributed by atoms with van der Waals surface area (Å²) in [7, 11) is -2.10. The Morgan fingerprint density at radius 3 is 1.27 bits per heavy atom. The van der Waals surface area contributed by atoms with E-state index in [-0.39, 0.29) is 0 Å². The molecule has 0 atom stereocenters. The number of fused-ring (bicyclic) bond motifs is 3. The van der Waals surface area contributed by atoms with E-state index in [1.54, 1.807) is 0 Å². The van der Waals surface area contributed by atoms with Crippen LogP contribution in [0.5, 0.6) is 0 Å². The van der Waals surface area contributed by atoms with Gasteiger partial charge in [0, 0.05) is 22.0 Å². The smallest absolute Gasteiger partial charge is 0.159 e. The van der Waals surface area contributed by atoms with Crippen molar-refractivity contribution in [2.45, 2.75) is 13.1 Å². The van der Waals surface area contributed by atoms with Crippen LogP contribution in [-0.2, 0) is 0 Å². The number of nitrogens with zero attached hydrogens (tertiary/aromatic N) is 2. The second-order valence-corrected chi connectivity index (χ2v) is 21.1. The molecule has 0 bridgehead atoms. The van der Waals surface area contributed by atoms with Gasteiger partial charge < -0.3 is 0 Å². The van der Waals surface area contributed by atoms with E-state index in [0.29, 0.717) is 0 Å². The average Bonchev–Trinajstić information content (AvgIpc) is 3.60. The minimum atomic E-state index is -2.10. The fraction of sp³-hybridized carbons (Fsp3) is 0.0333. The molecule has 0 saturated heterocycles. The van der Waals surface area contributed by atoms with Crippen molar-refractivity contribution in [3.63, 3.8) is 0 Å². The summed E-state index contributed by atoms with van der Waals surface area (Å²) in [6, 6.07) is 83.3. The highest BCUT2D eigenvalue weighted by Crippen LogP contribution is 2.50. The zero-order valence-corrected chi connectivity index (χ0v) is 36.3. The van der Waals surface area contributed by atoms with Gasteiger partial charge in [-0.15, -0.1) is 0 Å². The third kappa shape index (κ3) is 6.84. The molecule has 0 fully saturated rings. The van der Waals surface area contributed by atoms with Crippen molar-refractivity contribution < 1.29 is 0 Å². The van der Waals surface area contributed by atoms with Gasteiger partial charge in [0.15, 0.2) is 5.82 Å². The maximum Gasteiger partial charge on any atom is 0.159 e. The first kappa shape index (κ1) is 38.2. The molecular formula is C60H44N2Si. The second kappa shape index (κ2) is 16.0. The van der Waals surface area contributed by atoms with Crippen molar-refractivity contribution in [1.29, 1.82) is 0 Å². The Morgan fingerprint density at radius 1 is 0.286 bits per heavy atom. The van der Waals surface area contributed by atoms with Crippen molar-refractivity contribution >= 4 is 18.6 Å². The van der Waals surface area contributed by atoms with Crippen LogP contribution in [0, 0.1) is 0 Å². The van der Waals surface area contributed by atoms with E-state index in [4.69, 9.17) is 9.97 Å². The molecule has 10 aromatic rings. The van der Waals surface area contributed by atoms with Crippen LogP contribution in [0.1, 0.15) is 0 Å². The molecule has 298 valence electrons. The predicted octanol–water partition coefficient (Wildman–Crippen LogP) is 14.6. The number of aromatic nitrogens is 2. The Kier molecular flexibility index (Phi) is 9.68. The minimum Gasteiger partial charge on any atom is -0.237 e. The van der Waals surface area contributed by atoms with E-state index in [0.717, 1.165) is 39.3 Å². The third-order valence-electron chi connectivity index (χ3n) is 12.6. The number of rotatable bonds is 8. The third-order valence-corrected chi connectivity index (χ3v) is 16.0. The molecule has 11 rings (SSSR count). The van der Waals surface area contributed by atoms with Gasteiger partial charge in [-0.1, -0.05) is 225 Å². The molecule has 9 aromatic carbocycles. The zero-order valence-electron chi connectivity index (χ0n) is 35.3. The molecule has 1 aliphatic rings. The van der Waals surface area contributed by atoms with Gasteiger partial charge in [-0.2, -0.15) is 0 Å². The second-order valence-electron chi connectivity index (χ2n) is 16.9. The number of benzene rings is 9. The topological polar surface area (TPSA) is 25.8 Å². The SMILES string of the molecule is C[Si]1(C)c2ccccc2-c2c(-c3ccccc3)nc(-c3cccc(-c4cccc(-c5cc(-c6ccccc6)c(-c6ccccc6)c(-c6ccccc6)c5-c5ccccc5)c4)c3)nc21. The molecule has 2 heterocycles. The van der Waals surface area contributed by atoms with E-state index in [9.17, 15) is 0 Å². The Labute approximate surface area is 370 Å². The molecule has 63 heavy (non-hydrogen) atoms. The van der Waals surface area contributed by atoms with Gasteiger partial charge in [0.25, 0.3) is 0 Å². The lowest BCUT2D eigenvalue weighted by Gasteiger charge is -2.24. The molecule has 0 unspecified atom stereocenters. The lowest BCUT2D eigenvalue weighted by atomic mass is 9.78. The molecule has 0 N–H and O–H groups in total. The van der Waals surface area contributed by atoms with E-state index in [1.807, 2.05) is 0 Å². The van der Waals surface area contributed by atoms with Gasteiger partial charge in [-0.05, 0) is 95.7 Å². The summed E-state index contributed by atoms with van der Waals surface area (Å²) in [5.74, 6) is 0.766. The van der Waals surface area contributed by atoms with Crippen molar-refractivity contribution in [2.24, 2.45) is 0 Å². The molecular weight excluding hydrogens is 777 g/mol. The van der Waals surface area contributed by atoms with Crippen LogP contribution in [0.25, 0.3) is 101 Å². The molecule has 1 aliphatic heterocycles. The fourth-order valence-corrected chi connectivity index (χ4v) is 12.6. The van der Waals surface area contributed by atoms with Gasteiger partial charge >= 0.3 is 0 Å². The standard InChI is InChI=1S/C60H44N2Si/c1-63(2)53-37-19-18-36-50(53)57-58(45-30-16-7-17-31-45)61-59(62-60(57)63)49-35-21-33-47(39-49)46-32-20-34-48(38-46)52-40-51(41-22-8-3-9-23-41)54(42-24-10-4-11-25-42)56(44-28-14-6-15-29-44)55(52)43-26-12-5-13-27-43/h3-40H,1-2H3. The van der Waals surface area contributed by atoms with Crippen LogP contribution in [0.3, 0.4) is 0 Å². The lowest BCUT2D eigenvalue weighted by Crippen LogP contribution is -2.50. The summed E-state index contributed by atoms with van der Waals surface area (Å²) in [6.07, 6.45) is 0. The molecule has 3 heteroatoms. The van der Waals surface area contributed by atoms with Crippen LogP contribution in [0.4, 0.5) is 0 Å². The Hall–Kier alpha value is -7.72. The van der Waals surface area contributed by atoms with E-state index < -0.39 is 8.07 Å². The van der Waals surface area contributed by atoms with Crippen LogP contribution >= 0.6 is 0 Å². The highest BCUT2D eigenvalue weighted by molar-refractivity contribution is 7.03. The first-order valence-corrected chi connectivity index (χ1v) is 24.7. The quantitative estimate of drug-likeness (QED) is 0.143. The van der Waals surface area contributed by atoms with Crippen LogP contribution in [-0.4, -0.2) is 18.0 Å². The van der Waals surface area contributed by atoms with Gasteiger partial charge in [0.2, 0.25) is 0 Å². The molecule has 0 aliphatic carbocycles. The molecule has 0 radical (unpaired) electrons. The summed E-state index contributed by atoms with van der Waals surface area (Å²) < 4.78 is 0. The van der Waals surface area contributed by atoms with Crippen molar-refractivity contribution in [2.75, 3.05) is 0 Å². The largest absolute Gasteiger partial charge is 0.237 e. The normalized spacial score (nSPS) is 12.4. The van der Waals surface area contributed by atoms with Gasteiger partial charge in [0.05, 0.1) is 5.69 Å². The summed E-state index contributed by atoms with van der Waals surface area (Å²) in [6.45, 7) is 4.85. The minimum absolute atomic E-state index is 0.766. The molecule has 0 amide bonds. The summed E-state index contributed by atoms with van der Waals surface area (Å²) in [5.41, 5.74) is 19.7. The van der Waals surface area contributed by atoms with Gasteiger partial charge in [-0.25, -0.2) is 9.97 Å². The molecule has 2 nitrogen and oxygen atoms in total. The molecule has 0 spiro atoms. The van der Waals surface area contributed by atoms with Crippen molar-refractivity contribution in [1.82, 2.24) is 9.97 Å². The van der Waals surface area contributed by atoms with E-state index in [2.05, 4.69) is 244 Å². The lowest BCUT2D eigenvalue weighted by molar-refractivity contribution is 1.21. The highest BCUT2D eigenvalue weighted by Gasteiger charge is 2.41. The van der Waals surface area contributed by atoms with Gasteiger partial charge in [-0.3, -0.25) is 0 Å². The van der Waals surface area contributed by atoms with Crippen LogP contribution < -0.4 is 10.5 Å². The Morgan fingerprint density at radius 2 is 0.698 bits per heavy atom. The first-order valence-electron chi connectivity index (χ1n) is 21.7. The van der Waals surface area contributed by atoms with Gasteiger partial charge in [0.1, 0.15) is 8.07 Å². The maximum atomic E-state index is 5.48. The maximum absolute atomic E-state index is 5.48. The molecule has 0 saturated carbocycles. The fourth-order valence-electron chi connectivity index (χ4n) is 9.64. The average molecular weight is 821 g/mol.